The zero-order valence-corrected chi connectivity index (χ0v) is 11.8. The average Bonchev–Trinajstić information content (AvgIpc) is 2.39. The van der Waals surface area contributed by atoms with Crippen molar-refractivity contribution in [1.29, 1.82) is 0 Å². The summed E-state index contributed by atoms with van der Waals surface area (Å²) in [6.07, 6.45) is 2.25. The molecule has 19 heavy (non-hydrogen) atoms. The maximum Gasteiger partial charge on any atom is 0.217 e. The number of para-hydroxylation sites is 1. The molecule has 1 atom stereocenters. The molecule has 1 unspecified atom stereocenters. The third kappa shape index (κ3) is 5.75. The number of hydrogen-bond acceptors (Lipinski definition) is 3. The molecule has 3 N–H and O–H groups in total. The second-order valence-corrected chi connectivity index (χ2v) is 4.57. The topological polar surface area (TPSA) is 64.3 Å². The first-order valence-electron chi connectivity index (χ1n) is 6.88. The van der Waals surface area contributed by atoms with Crippen LogP contribution in [0, 0.1) is 0 Å². The van der Waals surface area contributed by atoms with Gasteiger partial charge in [-0.25, -0.2) is 0 Å². The van der Waals surface area contributed by atoms with Crippen LogP contribution in [0.25, 0.3) is 0 Å². The molecule has 0 bridgehead atoms. The minimum atomic E-state index is -0.227. The Morgan fingerprint density at radius 2 is 2.11 bits per heavy atom. The second kappa shape index (κ2) is 8.53. The fraction of sp³-hybridized carbons (Fsp3) is 0.533. The van der Waals surface area contributed by atoms with Crippen LogP contribution < -0.4 is 15.8 Å². The predicted molar refractivity (Wildman–Crippen MR) is 77.1 cm³/mol. The summed E-state index contributed by atoms with van der Waals surface area (Å²) in [7, 11) is 0. The van der Waals surface area contributed by atoms with Gasteiger partial charge in [-0.05, 0) is 39.3 Å². The van der Waals surface area contributed by atoms with Crippen LogP contribution in [0.1, 0.15) is 44.7 Å². The number of amides is 1. The number of carbonyl (C=O) groups is 1. The van der Waals surface area contributed by atoms with Gasteiger partial charge in [-0.3, -0.25) is 4.79 Å². The summed E-state index contributed by atoms with van der Waals surface area (Å²) in [6.45, 7) is 5.64. The molecule has 1 rings (SSSR count). The van der Waals surface area contributed by atoms with E-state index in [0.717, 1.165) is 25.1 Å². The summed E-state index contributed by atoms with van der Waals surface area (Å²) in [5, 5.41) is 3.44. The lowest BCUT2D eigenvalue weighted by Crippen LogP contribution is -2.21. The van der Waals surface area contributed by atoms with Crippen LogP contribution in [-0.2, 0) is 4.79 Å². The molecule has 4 nitrogen and oxygen atoms in total. The Morgan fingerprint density at radius 3 is 2.79 bits per heavy atom. The number of nitrogens with two attached hydrogens (primary N) is 1. The number of primary amides is 1. The summed E-state index contributed by atoms with van der Waals surface area (Å²) in [5.74, 6) is 0.705. The van der Waals surface area contributed by atoms with Crippen molar-refractivity contribution in [2.75, 3.05) is 13.2 Å². The first-order valence-corrected chi connectivity index (χ1v) is 6.88. The van der Waals surface area contributed by atoms with Crippen molar-refractivity contribution >= 4 is 5.91 Å². The highest BCUT2D eigenvalue weighted by molar-refractivity contribution is 5.73. The van der Waals surface area contributed by atoms with Gasteiger partial charge < -0.3 is 15.8 Å². The number of benzene rings is 1. The molecular formula is C15H24N2O2. The van der Waals surface area contributed by atoms with Gasteiger partial charge in [0.15, 0.2) is 0 Å². The van der Waals surface area contributed by atoms with Crippen LogP contribution in [0.5, 0.6) is 5.75 Å². The third-order valence-corrected chi connectivity index (χ3v) is 2.99. The molecule has 0 heterocycles. The van der Waals surface area contributed by atoms with E-state index in [2.05, 4.69) is 18.3 Å². The minimum absolute atomic E-state index is 0.227. The molecule has 0 aliphatic heterocycles. The molecule has 4 heteroatoms. The molecule has 0 saturated carbocycles. The van der Waals surface area contributed by atoms with Gasteiger partial charge in [0.25, 0.3) is 0 Å². The van der Waals surface area contributed by atoms with Crippen molar-refractivity contribution < 1.29 is 9.53 Å². The molecule has 0 spiro atoms. The molecular weight excluding hydrogens is 240 g/mol. The maximum atomic E-state index is 10.6. The Kier molecular flexibility index (Phi) is 6.97. The molecule has 1 aromatic rings. The minimum Gasteiger partial charge on any atom is -0.494 e. The van der Waals surface area contributed by atoms with E-state index in [1.807, 2.05) is 25.1 Å². The van der Waals surface area contributed by atoms with Crippen LogP contribution in [0.3, 0.4) is 0 Å². The Bertz CT molecular complexity index is 393. The van der Waals surface area contributed by atoms with E-state index in [4.69, 9.17) is 10.5 Å². The zero-order valence-electron chi connectivity index (χ0n) is 11.8. The SMILES string of the molecule is CCOc1ccccc1C(C)NCCCCC(N)=O. The van der Waals surface area contributed by atoms with Crippen molar-refractivity contribution in [2.24, 2.45) is 5.73 Å². The zero-order chi connectivity index (χ0) is 14.1. The summed E-state index contributed by atoms with van der Waals surface area (Å²) < 4.78 is 5.62. The number of hydrogen-bond donors (Lipinski definition) is 2. The van der Waals surface area contributed by atoms with E-state index in [9.17, 15) is 4.79 Å². The highest BCUT2D eigenvalue weighted by Crippen LogP contribution is 2.24. The normalized spacial score (nSPS) is 12.1. The summed E-state index contributed by atoms with van der Waals surface area (Å²) >= 11 is 0. The fourth-order valence-corrected chi connectivity index (χ4v) is 1.98. The van der Waals surface area contributed by atoms with Crippen molar-refractivity contribution in [2.45, 2.75) is 39.2 Å². The highest BCUT2D eigenvalue weighted by Gasteiger charge is 2.10. The van der Waals surface area contributed by atoms with Crippen molar-refractivity contribution in [3.8, 4) is 5.75 Å². The van der Waals surface area contributed by atoms with E-state index in [-0.39, 0.29) is 11.9 Å². The van der Waals surface area contributed by atoms with Crippen LogP contribution in [0.15, 0.2) is 24.3 Å². The van der Waals surface area contributed by atoms with Gasteiger partial charge in [-0.2, -0.15) is 0 Å². The van der Waals surface area contributed by atoms with Gasteiger partial charge in [0.05, 0.1) is 6.61 Å². The van der Waals surface area contributed by atoms with Crippen LogP contribution >= 0.6 is 0 Å². The molecule has 0 aliphatic carbocycles. The van der Waals surface area contributed by atoms with Gasteiger partial charge in [-0.1, -0.05) is 18.2 Å². The predicted octanol–water partition coefficient (Wildman–Crippen LogP) is 2.39. The number of unbranched alkanes of at least 4 members (excludes halogenated alkanes) is 1. The number of rotatable bonds is 9. The van der Waals surface area contributed by atoms with Crippen LogP contribution in [0.2, 0.25) is 0 Å². The lowest BCUT2D eigenvalue weighted by Gasteiger charge is -2.17. The third-order valence-electron chi connectivity index (χ3n) is 2.99. The quantitative estimate of drug-likeness (QED) is 0.673. The van der Waals surface area contributed by atoms with Gasteiger partial charge >= 0.3 is 0 Å². The molecule has 0 fully saturated rings. The Hall–Kier alpha value is -1.55. The summed E-state index contributed by atoms with van der Waals surface area (Å²) in [5.41, 5.74) is 6.27. The largest absolute Gasteiger partial charge is 0.494 e. The van der Waals surface area contributed by atoms with E-state index in [0.29, 0.717) is 13.0 Å². The molecule has 0 aromatic heterocycles. The molecule has 1 aromatic carbocycles. The second-order valence-electron chi connectivity index (χ2n) is 4.57. The summed E-state index contributed by atoms with van der Waals surface area (Å²) in [4.78, 5) is 10.6. The maximum absolute atomic E-state index is 10.6. The smallest absolute Gasteiger partial charge is 0.217 e. The Balaban J connectivity index is 2.40. The molecule has 106 valence electrons. The van der Waals surface area contributed by atoms with Crippen molar-refractivity contribution in [1.82, 2.24) is 5.32 Å². The van der Waals surface area contributed by atoms with Gasteiger partial charge in [0.1, 0.15) is 5.75 Å². The van der Waals surface area contributed by atoms with E-state index >= 15 is 0 Å². The fourth-order valence-electron chi connectivity index (χ4n) is 1.98. The van der Waals surface area contributed by atoms with E-state index in [1.165, 1.54) is 5.56 Å². The van der Waals surface area contributed by atoms with Gasteiger partial charge in [0.2, 0.25) is 5.91 Å². The molecule has 0 aliphatic rings. The summed E-state index contributed by atoms with van der Waals surface area (Å²) in [6, 6.07) is 8.30. The molecule has 1 amide bonds. The lowest BCUT2D eigenvalue weighted by molar-refractivity contribution is -0.118. The first-order chi connectivity index (χ1) is 9.15. The van der Waals surface area contributed by atoms with Gasteiger partial charge in [0, 0.05) is 18.0 Å². The van der Waals surface area contributed by atoms with Crippen LogP contribution in [0.4, 0.5) is 0 Å². The first kappa shape index (κ1) is 15.5. The van der Waals surface area contributed by atoms with Crippen molar-refractivity contribution in [3.05, 3.63) is 29.8 Å². The Labute approximate surface area is 115 Å². The molecule has 0 radical (unpaired) electrons. The van der Waals surface area contributed by atoms with Crippen molar-refractivity contribution in [3.63, 3.8) is 0 Å². The molecule has 0 saturated heterocycles. The number of nitrogens with one attached hydrogen (secondary N) is 1. The monoisotopic (exact) mass is 264 g/mol. The average molecular weight is 264 g/mol. The van der Waals surface area contributed by atoms with E-state index < -0.39 is 0 Å². The van der Waals surface area contributed by atoms with Gasteiger partial charge in [-0.15, -0.1) is 0 Å². The standard InChI is InChI=1S/C15H24N2O2/c1-3-19-14-9-5-4-8-13(14)12(2)17-11-7-6-10-15(16)18/h4-5,8-9,12,17H,3,6-7,10-11H2,1-2H3,(H2,16,18). The number of ether oxygens (including phenoxy) is 1. The van der Waals surface area contributed by atoms with Crippen LogP contribution in [-0.4, -0.2) is 19.1 Å². The van der Waals surface area contributed by atoms with E-state index in [1.54, 1.807) is 0 Å². The highest BCUT2D eigenvalue weighted by atomic mass is 16.5. The lowest BCUT2D eigenvalue weighted by atomic mass is 10.1. The Morgan fingerprint density at radius 1 is 1.37 bits per heavy atom. The number of carbonyl (C=O) groups excluding carboxylic acids is 1.